The van der Waals surface area contributed by atoms with E-state index < -0.39 is 5.60 Å². The second kappa shape index (κ2) is 4.54. The van der Waals surface area contributed by atoms with Crippen molar-refractivity contribution in [2.24, 2.45) is 0 Å². The fourth-order valence-electron chi connectivity index (χ4n) is 2.57. The lowest BCUT2D eigenvalue weighted by atomic mass is 9.87. The molecule has 0 spiro atoms. The third kappa shape index (κ3) is 2.31. The van der Waals surface area contributed by atoms with Crippen LogP contribution in [-0.2, 0) is 5.60 Å². The molecule has 1 aromatic carbocycles. The van der Waals surface area contributed by atoms with Crippen molar-refractivity contribution in [1.82, 2.24) is 0 Å². The molecule has 1 fully saturated rings. The molecule has 2 nitrogen and oxygen atoms in total. The number of aryl methyl sites for hydroxylation is 2. The van der Waals surface area contributed by atoms with E-state index in [-0.39, 0.29) is 0 Å². The van der Waals surface area contributed by atoms with Crippen molar-refractivity contribution in [3.63, 3.8) is 0 Å². The zero-order valence-corrected chi connectivity index (χ0v) is 11.7. The molecular formula is C14H20O2S. The molecule has 94 valence electrons. The lowest BCUT2D eigenvalue weighted by Gasteiger charge is -2.25. The zero-order valence-electron chi connectivity index (χ0n) is 10.9. The van der Waals surface area contributed by atoms with Gasteiger partial charge in [0.2, 0.25) is 0 Å². The number of hydrogen-bond donors (Lipinski definition) is 1. The first-order valence-corrected chi connectivity index (χ1v) is 7.01. The fourth-order valence-corrected chi connectivity index (χ4v) is 3.80. The summed E-state index contributed by atoms with van der Waals surface area (Å²) in [7, 11) is 1.68. The second-order valence-corrected chi connectivity index (χ2v) is 6.42. The van der Waals surface area contributed by atoms with Gasteiger partial charge in [0.1, 0.15) is 5.75 Å². The maximum Gasteiger partial charge on any atom is 0.122 e. The van der Waals surface area contributed by atoms with Crippen LogP contribution in [0.2, 0.25) is 0 Å². The molecule has 0 bridgehead atoms. The van der Waals surface area contributed by atoms with Crippen LogP contribution < -0.4 is 4.74 Å². The molecule has 1 heterocycles. The average Bonchev–Trinajstić information content (AvgIpc) is 2.62. The maximum absolute atomic E-state index is 10.7. The van der Waals surface area contributed by atoms with Crippen molar-refractivity contribution in [1.29, 1.82) is 0 Å². The third-order valence-corrected chi connectivity index (χ3v) is 4.85. The minimum atomic E-state index is -0.662. The Labute approximate surface area is 107 Å². The molecule has 0 amide bonds. The summed E-state index contributed by atoms with van der Waals surface area (Å²) in [6.45, 7) is 6.24. The number of thioether (sulfide) groups is 1. The summed E-state index contributed by atoms with van der Waals surface area (Å²) in [5.74, 6) is 1.69. The Morgan fingerprint density at radius 1 is 1.35 bits per heavy atom. The molecule has 1 aliphatic heterocycles. The number of benzene rings is 1. The Morgan fingerprint density at radius 2 is 2.06 bits per heavy atom. The van der Waals surface area contributed by atoms with Crippen LogP contribution in [0.5, 0.6) is 5.75 Å². The van der Waals surface area contributed by atoms with Crippen molar-refractivity contribution < 1.29 is 9.84 Å². The third-order valence-electron chi connectivity index (χ3n) is 3.47. The van der Waals surface area contributed by atoms with E-state index in [0.29, 0.717) is 5.25 Å². The molecule has 2 unspecified atom stereocenters. The van der Waals surface area contributed by atoms with E-state index in [1.807, 2.05) is 31.7 Å². The summed E-state index contributed by atoms with van der Waals surface area (Å²) < 4.78 is 5.31. The topological polar surface area (TPSA) is 29.5 Å². The van der Waals surface area contributed by atoms with E-state index in [9.17, 15) is 5.11 Å². The molecule has 0 radical (unpaired) electrons. The average molecular weight is 252 g/mol. The summed E-state index contributed by atoms with van der Waals surface area (Å²) in [6.07, 6.45) is 0.838. The van der Waals surface area contributed by atoms with Crippen molar-refractivity contribution in [2.45, 2.75) is 38.0 Å². The molecule has 1 aliphatic rings. The number of methoxy groups -OCH3 is 1. The Kier molecular flexibility index (Phi) is 3.41. The molecule has 3 heteroatoms. The van der Waals surface area contributed by atoms with Gasteiger partial charge in [0, 0.05) is 11.0 Å². The molecule has 1 N–H and O–H groups in total. The van der Waals surface area contributed by atoms with Gasteiger partial charge < -0.3 is 9.84 Å². The Bertz CT molecular complexity index is 430. The molecule has 1 saturated heterocycles. The summed E-state index contributed by atoms with van der Waals surface area (Å²) >= 11 is 1.84. The van der Waals surface area contributed by atoms with Crippen LogP contribution in [0.3, 0.4) is 0 Å². The van der Waals surface area contributed by atoms with E-state index in [1.165, 1.54) is 0 Å². The number of ether oxygens (including phenoxy) is 1. The van der Waals surface area contributed by atoms with Crippen LogP contribution >= 0.6 is 11.8 Å². The first kappa shape index (κ1) is 12.8. The smallest absolute Gasteiger partial charge is 0.122 e. The lowest BCUT2D eigenvalue weighted by molar-refractivity contribution is 0.0604. The zero-order chi connectivity index (χ0) is 12.6. The molecule has 17 heavy (non-hydrogen) atoms. The van der Waals surface area contributed by atoms with E-state index >= 15 is 0 Å². The minimum absolute atomic E-state index is 0.529. The molecule has 0 saturated carbocycles. The minimum Gasteiger partial charge on any atom is -0.496 e. The largest absolute Gasteiger partial charge is 0.496 e. The predicted molar refractivity (Wildman–Crippen MR) is 72.9 cm³/mol. The molecule has 0 aromatic heterocycles. The van der Waals surface area contributed by atoms with Crippen molar-refractivity contribution in [3.8, 4) is 5.75 Å². The highest BCUT2D eigenvalue weighted by atomic mass is 32.2. The highest BCUT2D eigenvalue weighted by molar-refractivity contribution is 8.00. The summed E-state index contributed by atoms with van der Waals surface area (Å²) in [5.41, 5.74) is 2.61. The molecule has 2 atom stereocenters. The monoisotopic (exact) mass is 252 g/mol. The van der Waals surface area contributed by atoms with Crippen molar-refractivity contribution in [3.05, 3.63) is 28.8 Å². The normalized spacial score (nSPS) is 28.4. The van der Waals surface area contributed by atoms with E-state index in [0.717, 1.165) is 34.6 Å². The van der Waals surface area contributed by atoms with Crippen LogP contribution in [0.25, 0.3) is 0 Å². The summed E-state index contributed by atoms with van der Waals surface area (Å²) in [5, 5.41) is 11.3. The van der Waals surface area contributed by atoms with Gasteiger partial charge in [-0.3, -0.25) is 0 Å². The van der Waals surface area contributed by atoms with Gasteiger partial charge in [-0.1, -0.05) is 6.92 Å². The van der Waals surface area contributed by atoms with Gasteiger partial charge in [-0.15, -0.1) is 0 Å². The van der Waals surface area contributed by atoms with Gasteiger partial charge in [0.25, 0.3) is 0 Å². The van der Waals surface area contributed by atoms with Gasteiger partial charge >= 0.3 is 0 Å². The van der Waals surface area contributed by atoms with Crippen LogP contribution in [0.4, 0.5) is 0 Å². The predicted octanol–water partition coefficient (Wildman–Crippen LogP) is 3.03. The highest BCUT2D eigenvalue weighted by Gasteiger charge is 2.38. The Morgan fingerprint density at radius 3 is 2.59 bits per heavy atom. The van der Waals surface area contributed by atoms with E-state index in [1.54, 1.807) is 7.11 Å². The first-order valence-electron chi connectivity index (χ1n) is 5.96. The number of aliphatic hydroxyl groups is 1. The van der Waals surface area contributed by atoms with Crippen molar-refractivity contribution >= 4 is 11.8 Å². The molecule has 2 rings (SSSR count). The van der Waals surface area contributed by atoms with Gasteiger partial charge in [0.15, 0.2) is 0 Å². The Balaban J connectivity index is 2.42. The van der Waals surface area contributed by atoms with Crippen LogP contribution in [0.15, 0.2) is 12.1 Å². The quantitative estimate of drug-likeness (QED) is 0.877. The standard InChI is InChI=1S/C14H20O2S/c1-9-6-13(16-4)10(2)5-12(9)14(15)7-11(3)17-8-14/h5-6,11,15H,7-8H2,1-4H3. The van der Waals surface area contributed by atoms with Crippen LogP contribution in [0.1, 0.15) is 30.0 Å². The SMILES string of the molecule is COc1cc(C)c(C2(O)CSC(C)C2)cc1C. The maximum atomic E-state index is 10.7. The first-order chi connectivity index (χ1) is 7.96. The second-order valence-electron chi connectivity index (χ2n) is 4.99. The number of hydrogen-bond acceptors (Lipinski definition) is 3. The van der Waals surface area contributed by atoms with Crippen molar-refractivity contribution in [2.75, 3.05) is 12.9 Å². The van der Waals surface area contributed by atoms with Crippen LogP contribution in [0, 0.1) is 13.8 Å². The van der Waals surface area contributed by atoms with Gasteiger partial charge in [0.05, 0.1) is 12.7 Å². The molecular weight excluding hydrogens is 232 g/mol. The fraction of sp³-hybridized carbons (Fsp3) is 0.571. The summed E-state index contributed by atoms with van der Waals surface area (Å²) in [4.78, 5) is 0. The highest BCUT2D eigenvalue weighted by Crippen LogP contribution is 2.43. The molecule has 1 aromatic rings. The number of rotatable bonds is 2. The van der Waals surface area contributed by atoms with E-state index in [2.05, 4.69) is 13.0 Å². The van der Waals surface area contributed by atoms with Gasteiger partial charge in [-0.05, 0) is 49.1 Å². The Hall–Kier alpha value is -0.670. The summed E-state index contributed by atoms with van der Waals surface area (Å²) in [6, 6.07) is 4.10. The van der Waals surface area contributed by atoms with Gasteiger partial charge in [-0.2, -0.15) is 11.8 Å². The molecule has 0 aliphatic carbocycles. The lowest BCUT2D eigenvalue weighted by Crippen LogP contribution is -2.26. The van der Waals surface area contributed by atoms with E-state index in [4.69, 9.17) is 4.74 Å². The van der Waals surface area contributed by atoms with Gasteiger partial charge in [-0.25, -0.2) is 0 Å². The van der Waals surface area contributed by atoms with Crippen LogP contribution in [-0.4, -0.2) is 23.2 Å².